The van der Waals surface area contributed by atoms with Crippen LogP contribution in [-0.2, 0) is 9.53 Å². The minimum Gasteiger partial charge on any atom is -0.497 e. The first-order valence-electron chi connectivity index (χ1n) is 9.93. The van der Waals surface area contributed by atoms with Gasteiger partial charge in [0.25, 0.3) is 0 Å². The molecule has 1 saturated heterocycles. The number of amides is 1. The van der Waals surface area contributed by atoms with Gasteiger partial charge in [0, 0.05) is 25.6 Å². The lowest BCUT2D eigenvalue weighted by Gasteiger charge is -2.35. The SMILES string of the molecule is CCCCC(CC)C(=O)NCC(c1ccc(OC)cc1)N1CCOCC1. The summed E-state index contributed by atoms with van der Waals surface area (Å²) in [5.74, 6) is 1.16. The molecule has 1 aromatic carbocycles. The third-order valence-electron chi connectivity index (χ3n) is 5.23. The molecule has 26 heavy (non-hydrogen) atoms. The molecule has 1 aliphatic heterocycles. The Balaban J connectivity index is 2.04. The Kier molecular flexibility index (Phi) is 8.92. The molecule has 0 saturated carbocycles. The summed E-state index contributed by atoms with van der Waals surface area (Å²) in [4.78, 5) is 15.0. The second kappa shape index (κ2) is 11.2. The van der Waals surface area contributed by atoms with Crippen LogP contribution in [0.15, 0.2) is 24.3 Å². The van der Waals surface area contributed by atoms with Gasteiger partial charge in [0.15, 0.2) is 0 Å². The van der Waals surface area contributed by atoms with Crippen molar-refractivity contribution >= 4 is 5.91 Å². The van der Waals surface area contributed by atoms with Gasteiger partial charge < -0.3 is 14.8 Å². The number of unbranched alkanes of at least 4 members (excludes halogenated alkanes) is 1. The van der Waals surface area contributed by atoms with Gasteiger partial charge in [0.05, 0.1) is 26.4 Å². The fourth-order valence-electron chi connectivity index (χ4n) is 3.49. The molecule has 1 aliphatic rings. The molecule has 146 valence electrons. The third kappa shape index (κ3) is 5.99. The van der Waals surface area contributed by atoms with Gasteiger partial charge in [-0.2, -0.15) is 0 Å². The number of methoxy groups -OCH3 is 1. The van der Waals surface area contributed by atoms with Crippen LogP contribution in [0.4, 0.5) is 0 Å². The maximum atomic E-state index is 12.6. The van der Waals surface area contributed by atoms with E-state index in [0.717, 1.165) is 57.7 Å². The molecule has 0 radical (unpaired) electrons. The molecule has 0 aliphatic carbocycles. The van der Waals surface area contributed by atoms with Gasteiger partial charge in [-0.15, -0.1) is 0 Å². The molecule has 5 nitrogen and oxygen atoms in total. The molecule has 0 spiro atoms. The average molecular weight is 363 g/mol. The maximum Gasteiger partial charge on any atom is 0.223 e. The Morgan fingerprint density at radius 1 is 1.23 bits per heavy atom. The Bertz CT molecular complexity index is 527. The van der Waals surface area contributed by atoms with Crippen LogP contribution in [0.25, 0.3) is 0 Å². The zero-order chi connectivity index (χ0) is 18.8. The van der Waals surface area contributed by atoms with Crippen LogP contribution in [0.2, 0.25) is 0 Å². The van der Waals surface area contributed by atoms with Gasteiger partial charge in [0.2, 0.25) is 5.91 Å². The van der Waals surface area contributed by atoms with Crippen molar-refractivity contribution in [2.24, 2.45) is 5.92 Å². The van der Waals surface area contributed by atoms with E-state index in [1.54, 1.807) is 7.11 Å². The van der Waals surface area contributed by atoms with Gasteiger partial charge >= 0.3 is 0 Å². The average Bonchev–Trinajstić information content (AvgIpc) is 2.70. The third-order valence-corrected chi connectivity index (χ3v) is 5.23. The van der Waals surface area contributed by atoms with Gasteiger partial charge in [-0.3, -0.25) is 9.69 Å². The summed E-state index contributed by atoms with van der Waals surface area (Å²) >= 11 is 0. The first kappa shape index (κ1) is 20.7. The van der Waals surface area contributed by atoms with Crippen LogP contribution in [0, 0.1) is 5.92 Å². The molecule has 5 heteroatoms. The van der Waals surface area contributed by atoms with Crippen LogP contribution in [0.1, 0.15) is 51.1 Å². The minimum absolute atomic E-state index is 0.121. The lowest BCUT2D eigenvalue weighted by molar-refractivity contribution is -0.125. The Morgan fingerprint density at radius 2 is 1.92 bits per heavy atom. The van der Waals surface area contributed by atoms with E-state index >= 15 is 0 Å². The summed E-state index contributed by atoms with van der Waals surface area (Å²) in [6, 6.07) is 8.33. The normalized spacial score (nSPS) is 17.5. The number of rotatable bonds is 10. The van der Waals surface area contributed by atoms with Crippen molar-refractivity contribution in [2.45, 2.75) is 45.6 Å². The summed E-state index contributed by atoms with van der Waals surface area (Å²) in [5, 5.41) is 3.21. The zero-order valence-electron chi connectivity index (χ0n) is 16.5. The molecular weight excluding hydrogens is 328 g/mol. The van der Waals surface area contributed by atoms with Gasteiger partial charge in [-0.05, 0) is 30.5 Å². The number of hydrogen-bond donors (Lipinski definition) is 1. The molecule has 2 unspecified atom stereocenters. The molecular formula is C21H34N2O3. The second-order valence-corrected chi connectivity index (χ2v) is 6.93. The molecule has 1 heterocycles. The lowest BCUT2D eigenvalue weighted by Crippen LogP contribution is -2.44. The van der Waals surface area contributed by atoms with Crippen molar-refractivity contribution in [1.82, 2.24) is 10.2 Å². The van der Waals surface area contributed by atoms with Crippen molar-refractivity contribution in [1.29, 1.82) is 0 Å². The van der Waals surface area contributed by atoms with E-state index in [0.29, 0.717) is 6.54 Å². The Labute approximate surface area is 158 Å². The molecule has 1 fully saturated rings. The summed E-state index contributed by atoms with van der Waals surface area (Å²) in [7, 11) is 1.68. The zero-order valence-corrected chi connectivity index (χ0v) is 16.5. The summed E-state index contributed by atoms with van der Waals surface area (Å²) in [5.41, 5.74) is 1.20. The van der Waals surface area contributed by atoms with Crippen molar-refractivity contribution in [2.75, 3.05) is 40.0 Å². The quantitative estimate of drug-likeness (QED) is 0.693. The molecule has 1 amide bonds. The second-order valence-electron chi connectivity index (χ2n) is 6.93. The highest BCUT2D eigenvalue weighted by atomic mass is 16.5. The van der Waals surface area contributed by atoms with E-state index in [2.05, 4.69) is 36.2 Å². The largest absolute Gasteiger partial charge is 0.497 e. The van der Waals surface area contributed by atoms with Gasteiger partial charge in [-0.25, -0.2) is 0 Å². The van der Waals surface area contributed by atoms with Crippen LogP contribution in [0.5, 0.6) is 5.75 Å². The number of benzene rings is 1. The fourth-order valence-corrected chi connectivity index (χ4v) is 3.49. The molecule has 2 atom stereocenters. The summed E-state index contributed by atoms with van der Waals surface area (Å²) in [6.45, 7) is 8.17. The minimum atomic E-state index is 0.121. The molecule has 1 N–H and O–H groups in total. The van der Waals surface area contributed by atoms with E-state index in [9.17, 15) is 4.79 Å². The molecule has 0 aromatic heterocycles. The van der Waals surface area contributed by atoms with Gasteiger partial charge in [0.1, 0.15) is 5.75 Å². The summed E-state index contributed by atoms with van der Waals surface area (Å²) < 4.78 is 10.8. The van der Waals surface area contributed by atoms with Crippen molar-refractivity contribution in [3.63, 3.8) is 0 Å². The fraction of sp³-hybridized carbons (Fsp3) is 0.667. The maximum absolute atomic E-state index is 12.6. The predicted molar refractivity (Wildman–Crippen MR) is 104 cm³/mol. The standard InChI is InChI=1S/C21H34N2O3/c1-4-6-7-17(5-2)21(24)22-16-20(23-12-14-26-15-13-23)18-8-10-19(25-3)11-9-18/h8-11,17,20H,4-7,12-16H2,1-3H3,(H,22,24). The number of morpholine rings is 1. The van der Waals surface area contributed by atoms with Crippen molar-refractivity contribution < 1.29 is 14.3 Å². The Morgan fingerprint density at radius 3 is 2.50 bits per heavy atom. The van der Waals surface area contributed by atoms with Crippen molar-refractivity contribution in [3.8, 4) is 5.75 Å². The van der Waals surface area contributed by atoms with E-state index in [-0.39, 0.29) is 17.9 Å². The van der Waals surface area contributed by atoms with Crippen LogP contribution >= 0.6 is 0 Å². The van der Waals surface area contributed by atoms with Crippen LogP contribution < -0.4 is 10.1 Å². The molecule has 2 rings (SSSR count). The monoisotopic (exact) mass is 362 g/mol. The summed E-state index contributed by atoms with van der Waals surface area (Å²) in [6.07, 6.45) is 4.11. The van der Waals surface area contributed by atoms with Crippen molar-refractivity contribution in [3.05, 3.63) is 29.8 Å². The number of carbonyl (C=O) groups excluding carboxylic acids is 1. The highest BCUT2D eigenvalue weighted by Crippen LogP contribution is 2.24. The van der Waals surface area contributed by atoms with E-state index in [1.807, 2.05) is 12.1 Å². The smallest absolute Gasteiger partial charge is 0.223 e. The van der Waals surface area contributed by atoms with E-state index < -0.39 is 0 Å². The first-order valence-corrected chi connectivity index (χ1v) is 9.93. The van der Waals surface area contributed by atoms with E-state index in [1.165, 1.54) is 5.56 Å². The lowest BCUT2D eigenvalue weighted by atomic mass is 9.98. The number of nitrogens with zero attached hydrogens (tertiary/aromatic N) is 1. The highest BCUT2D eigenvalue weighted by Gasteiger charge is 2.24. The highest BCUT2D eigenvalue weighted by molar-refractivity contribution is 5.78. The predicted octanol–water partition coefficient (Wildman–Crippen LogP) is 3.40. The number of nitrogens with one attached hydrogen (secondary N) is 1. The Hall–Kier alpha value is -1.59. The van der Waals surface area contributed by atoms with Crippen LogP contribution in [0.3, 0.4) is 0 Å². The number of ether oxygens (including phenoxy) is 2. The van der Waals surface area contributed by atoms with Gasteiger partial charge in [-0.1, -0.05) is 38.8 Å². The van der Waals surface area contributed by atoms with E-state index in [4.69, 9.17) is 9.47 Å². The topological polar surface area (TPSA) is 50.8 Å². The van der Waals surface area contributed by atoms with Crippen LogP contribution in [-0.4, -0.2) is 50.8 Å². The molecule has 0 bridgehead atoms. The first-order chi connectivity index (χ1) is 12.7. The number of hydrogen-bond acceptors (Lipinski definition) is 4. The molecule has 1 aromatic rings. The number of carbonyl (C=O) groups is 1.